The molecule has 5 nitrogen and oxygen atoms in total. The lowest BCUT2D eigenvalue weighted by Crippen LogP contribution is -2.43. The number of para-hydroxylation sites is 2. The van der Waals surface area contributed by atoms with Gasteiger partial charge in [-0.3, -0.25) is 9.59 Å². The van der Waals surface area contributed by atoms with Crippen LogP contribution < -0.4 is 4.90 Å². The number of hydrogen-bond donors (Lipinski definition) is 0. The zero-order chi connectivity index (χ0) is 22.1. The monoisotopic (exact) mass is 423 g/mol. The SMILES string of the molecule is CN(C(=O)c1cn(Cc2ccccc2)c2ccccc12)C1CCN(c2ccccc2)C1=O. The van der Waals surface area contributed by atoms with Crippen molar-refractivity contribution in [2.45, 2.75) is 19.0 Å². The van der Waals surface area contributed by atoms with Crippen LogP contribution in [0.4, 0.5) is 5.69 Å². The summed E-state index contributed by atoms with van der Waals surface area (Å²) in [6.07, 6.45) is 2.55. The number of benzene rings is 3. The summed E-state index contributed by atoms with van der Waals surface area (Å²) in [7, 11) is 1.74. The fourth-order valence-corrected chi connectivity index (χ4v) is 4.55. The molecule has 32 heavy (non-hydrogen) atoms. The van der Waals surface area contributed by atoms with Crippen molar-refractivity contribution in [3.8, 4) is 0 Å². The van der Waals surface area contributed by atoms with E-state index < -0.39 is 6.04 Å². The minimum Gasteiger partial charge on any atom is -0.342 e. The van der Waals surface area contributed by atoms with Crippen molar-refractivity contribution >= 4 is 28.4 Å². The van der Waals surface area contributed by atoms with Gasteiger partial charge in [0.2, 0.25) is 5.91 Å². The minimum atomic E-state index is -0.459. The predicted octanol–water partition coefficient (Wildman–Crippen LogP) is 4.57. The molecule has 5 rings (SSSR count). The molecule has 1 aliphatic rings. The molecule has 3 aromatic carbocycles. The number of nitrogens with zero attached hydrogens (tertiary/aromatic N) is 3. The van der Waals surface area contributed by atoms with E-state index in [1.807, 2.05) is 79.0 Å². The van der Waals surface area contributed by atoms with E-state index in [0.29, 0.717) is 25.1 Å². The van der Waals surface area contributed by atoms with Crippen LogP contribution in [0.1, 0.15) is 22.3 Å². The van der Waals surface area contributed by atoms with Crippen LogP contribution in [0.3, 0.4) is 0 Å². The standard InChI is InChI=1S/C27H25N3O2/c1-28(25-16-17-30(27(25)32)21-12-6-3-7-13-21)26(31)23-19-29(18-20-10-4-2-5-11-20)24-15-9-8-14-22(23)24/h2-15,19,25H,16-18H2,1H3. The van der Waals surface area contributed by atoms with Crippen molar-refractivity contribution in [2.24, 2.45) is 0 Å². The molecular weight excluding hydrogens is 398 g/mol. The Labute approximate surface area is 187 Å². The molecule has 0 N–H and O–H groups in total. The van der Waals surface area contributed by atoms with Gasteiger partial charge in [-0.1, -0.05) is 66.7 Å². The Kier molecular flexibility index (Phi) is 5.23. The molecule has 160 valence electrons. The van der Waals surface area contributed by atoms with Crippen LogP contribution in [0, 0.1) is 0 Å². The second kappa shape index (κ2) is 8.35. The maximum Gasteiger partial charge on any atom is 0.256 e. The normalized spacial score (nSPS) is 16.0. The topological polar surface area (TPSA) is 45.6 Å². The van der Waals surface area contributed by atoms with E-state index >= 15 is 0 Å². The summed E-state index contributed by atoms with van der Waals surface area (Å²) in [6.45, 7) is 1.30. The Morgan fingerprint density at radius 3 is 2.34 bits per heavy atom. The van der Waals surface area contributed by atoms with Gasteiger partial charge in [0.05, 0.1) is 5.56 Å². The van der Waals surface area contributed by atoms with E-state index in [9.17, 15) is 9.59 Å². The van der Waals surface area contributed by atoms with Gasteiger partial charge in [0.1, 0.15) is 6.04 Å². The number of rotatable bonds is 5. The first kappa shape index (κ1) is 20.1. The second-order valence-corrected chi connectivity index (χ2v) is 8.22. The number of amides is 2. The molecular formula is C27H25N3O2. The third kappa shape index (κ3) is 3.56. The molecule has 2 heterocycles. The summed E-state index contributed by atoms with van der Waals surface area (Å²) >= 11 is 0. The van der Waals surface area contributed by atoms with E-state index in [1.165, 1.54) is 5.56 Å². The molecule has 0 aliphatic carbocycles. The molecule has 2 amide bonds. The summed E-state index contributed by atoms with van der Waals surface area (Å²) in [5.74, 6) is -0.152. The summed E-state index contributed by atoms with van der Waals surface area (Å²) in [5.41, 5.74) is 3.69. The maximum atomic E-state index is 13.5. The Morgan fingerprint density at radius 1 is 0.938 bits per heavy atom. The fourth-order valence-electron chi connectivity index (χ4n) is 4.55. The number of carbonyl (C=O) groups excluding carboxylic acids is 2. The van der Waals surface area contributed by atoms with Crippen LogP contribution in [0.25, 0.3) is 10.9 Å². The molecule has 4 aromatic rings. The van der Waals surface area contributed by atoms with Gasteiger partial charge in [0.25, 0.3) is 5.91 Å². The third-order valence-electron chi connectivity index (χ3n) is 6.25. The van der Waals surface area contributed by atoms with Gasteiger partial charge in [-0.25, -0.2) is 0 Å². The van der Waals surface area contributed by atoms with Gasteiger partial charge in [-0.05, 0) is 30.2 Å². The van der Waals surface area contributed by atoms with E-state index in [-0.39, 0.29) is 11.8 Å². The molecule has 1 unspecified atom stereocenters. The molecule has 1 saturated heterocycles. The number of fused-ring (bicyclic) bond motifs is 1. The van der Waals surface area contributed by atoms with Crippen molar-refractivity contribution in [3.05, 3.63) is 102 Å². The molecule has 0 spiro atoms. The summed E-state index contributed by atoms with van der Waals surface area (Å²) < 4.78 is 2.11. The van der Waals surface area contributed by atoms with Gasteiger partial charge in [-0.15, -0.1) is 0 Å². The van der Waals surface area contributed by atoms with Crippen LogP contribution in [0.15, 0.2) is 91.1 Å². The molecule has 1 atom stereocenters. The summed E-state index contributed by atoms with van der Waals surface area (Å²) in [4.78, 5) is 30.0. The average Bonchev–Trinajstić information content (AvgIpc) is 3.40. The van der Waals surface area contributed by atoms with Gasteiger partial charge in [0, 0.05) is 42.9 Å². The van der Waals surface area contributed by atoms with Crippen LogP contribution in [0.5, 0.6) is 0 Å². The van der Waals surface area contributed by atoms with Crippen molar-refractivity contribution in [1.29, 1.82) is 0 Å². The molecule has 1 fully saturated rings. The van der Waals surface area contributed by atoms with Crippen LogP contribution >= 0.6 is 0 Å². The number of anilines is 1. The van der Waals surface area contributed by atoms with E-state index in [2.05, 4.69) is 16.7 Å². The average molecular weight is 424 g/mol. The Morgan fingerprint density at radius 2 is 1.59 bits per heavy atom. The van der Waals surface area contributed by atoms with Crippen LogP contribution in [-0.2, 0) is 11.3 Å². The molecule has 1 aromatic heterocycles. The summed E-state index contributed by atoms with van der Waals surface area (Å²) in [6, 6.07) is 27.3. The lowest BCUT2D eigenvalue weighted by Gasteiger charge is -2.24. The fraction of sp³-hybridized carbons (Fsp3) is 0.185. The van der Waals surface area contributed by atoms with Gasteiger partial charge in [-0.2, -0.15) is 0 Å². The quantitative estimate of drug-likeness (QED) is 0.472. The van der Waals surface area contributed by atoms with Crippen molar-refractivity contribution in [1.82, 2.24) is 9.47 Å². The van der Waals surface area contributed by atoms with Crippen molar-refractivity contribution in [3.63, 3.8) is 0 Å². The van der Waals surface area contributed by atoms with Crippen molar-refractivity contribution < 1.29 is 9.59 Å². The van der Waals surface area contributed by atoms with E-state index in [0.717, 1.165) is 16.6 Å². The smallest absolute Gasteiger partial charge is 0.256 e. The van der Waals surface area contributed by atoms with Gasteiger partial charge in [0.15, 0.2) is 0 Å². The molecule has 1 aliphatic heterocycles. The molecule has 0 bridgehead atoms. The Balaban J connectivity index is 1.43. The van der Waals surface area contributed by atoms with Gasteiger partial charge >= 0.3 is 0 Å². The highest BCUT2D eigenvalue weighted by molar-refractivity contribution is 6.09. The number of hydrogen-bond acceptors (Lipinski definition) is 2. The second-order valence-electron chi connectivity index (χ2n) is 8.22. The Hall–Kier alpha value is -3.86. The predicted molar refractivity (Wildman–Crippen MR) is 127 cm³/mol. The number of likely N-dealkylation sites (N-methyl/N-ethyl adjacent to an activating group) is 1. The highest BCUT2D eigenvalue weighted by atomic mass is 16.2. The summed E-state index contributed by atoms with van der Waals surface area (Å²) in [5, 5.41) is 0.908. The largest absolute Gasteiger partial charge is 0.342 e. The molecule has 0 saturated carbocycles. The zero-order valence-corrected chi connectivity index (χ0v) is 18.0. The highest BCUT2D eigenvalue weighted by Crippen LogP contribution is 2.27. The third-order valence-corrected chi connectivity index (χ3v) is 6.25. The van der Waals surface area contributed by atoms with Crippen LogP contribution in [-0.4, -0.2) is 40.9 Å². The van der Waals surface area contributed by atoms with Crippen molar-refractivity contribution in [2.75, 3.05) is 18.5 Å². The number of carbonyl (C=O) groups is 2. The first-order valence-electron chi connectivity index (χ1n) is 10.9. The lowest BCUT2D eigenvalue weighted by atomic mass is 10.1. The first-order valence-corrected chi connectivity index (χ1v) is 10.9. The maximum absolute atomic E-state index is 13.5. The zero-order valence-electron chi connectivity index (χ0n) is 18.0. The van der Waals surface area contributed by atoms with E-state index in [4.69, 9.17) is 0 Å². The van der Waals surface area contributed by atoms with Crippen LogP contribution in [0.2, 0.25) is 0 Å². The first-order chi connectivity index (χ1) is 15.6. The van der Waals surface area contributed by atoms with Gasteiger partial charge < -0.3 is 14.4 Å². The molecule has 5 heteroatoms. The highest BCUT2D eigenvalue weighted by Gasteiger charge is 2.37. The minimum absolute atomic E-state index is 0.0277. The molecule has 0 radical (unpaired) electrons. The van der Waals surface area contributed by atoms with E-state index in [1.54, 1.807) is 16.8 Å². The number of aromatic nitrogens is 1. The Bertz CT molecular complexity index is 1260. The lowest BCUT2D eigenvalue weighted by molar-refractivity contribution is -0.120.